The first kappa shape index (κ1) is 17.1. The number of hydrogen-bond acceptors (Lipinski definition) is 4. The molecule has 1 saturated heterocycles. The topological polar surface area (TPSA) is 59.0 Å². The zero-order valence-corrected chi connectivity index (χ0v) is 14.6. The molecular weight excluding hydrogens is 361 g/mol. The first-order valence-electron chi connectivity index (χ1n) is 8.30. The van der Waals surface area contributed by atoms with E-state index in [0.717, 1.165) is 5.56 Å². The molecular formula is C19H17ClFNO4. The second-order valence-electron chi connectivity index (χ2n) is 6.60. The molecule has 26 heavy (non-hydrogen) atoms. The zero-order chi connectivity index (χ0) is 18.3. The van der Waals surface area contributed by atoms with Crippen molar-refractivity contribution in [2.45, 2.75) is 12.5 Å². The van der Waals surface area contributed by atoms with Crippen molar-refractivity contribution in [1.29, 1.82) is 0 Å². The molecule has 2 heterocycles. The highest BCUT2D eigenvalue weighted by molar-refractivity contribution is 6.31. The standard InChI is InChI=1S/C19H17ClFNO4/c20-16-6-18-17(25-10-26-18)5-12(16)7-22-8-14(15(9-22)19(23)24)11-2-1-3-13(21)4-11/h1-6,14-15H,7-10H2,(H,23,24)/t14-,15+/m0/s1. The van der Waals surface area contributed by atoms with Crippen LogP contribution in [-0.4, -0.2) is 35.9 Å². The number of carbonyl (C=O) groups is 1. The summed E-state index contributed by atoms with van der Waals surface area (Å²) in [5.41, 5.74) is 1.55. The Morgan fingerprint density at radius 2 is 2.00 bits per heavy atom. The fourth-order valence-corrected chi connectivity index (χ4v) is 3.87. The Hall–Kier alpha value is -2.31. The minimum atomic E-state index is -0.876. The number of halogens is 2. The first-order chi connectivity index (χ1) is 12.5. The predicted molar refractivity (Wildman–Crippen MR) is 93.1 cm³/mol. The number of carboxylic acids is 1. The molecule has 0 saturated carbocycles. The minimum absolute atomic E-state index is 0.168. The van der Waals surface area contributed by atoms with Crippen molar-refractivity contribution in [2.24, 2.45) is 5.92 Å². The zero-order valence-electron chi connectivity index (χ0n) is 13.8. The van der Waals surface area contributed by atoms with E-state index in [1.165, 1.54) is 12.1 Å². The summed E-state index contributed by atoms with van der Waals surface area (Å²) in [5, 5.41) is 10.1. The van der Waals surface area contributed by atoms with Gasteiger partial charge in [-0.25, -0.2) is 4.39 Å². The van der Waals surface area contributed by atoms with Gasteiger partial charge in [0.1, 0.15) is 5.82 Å². The third-order valence-corrected chi connectivity index (χ3v) is 5.28. The lowest BCUT2D eigenvalue weighted by molar-refractivity contribution is -0.141. The summed E-state index contributed by atoms with van der Waals surface area (Å²) in [4.78, 5) is 13.7. The second kappa shape index (κ2) is 6.78. The molecule has 0 unspecified atom stereocenters. The molecule has 0 spiro atoms. The summed E-state index contributed by atoms with van der Waals surface area (Å²) < 4.78 is 24.3. The SMILES string of the molecule is O=C(O)[C@@H]1CN(Cc2cc3c(cc2Cl)OCO3)C[C@H]1c1cccc(F)c1. The van der Waals surface area contributed by atoms with Crippen molar-refractivity contribution in [3.63, 3.8) is 0 Å². The predicted octanol–water partition coefficient (Wildman–Crippen LogP) is 3.51. The average molecular weight is 378 g/mol. The Labute approximate surface area is 154 Å². The quantitative estimate of drug-likeness (QED) is 0.883. The van der Waals surface area contributed by atoms with Crippen molar-refractivity contribution in [1.82, 2.24) is 4.90 Å². The molecule has 2 atom stereocenters. The number of rotatable bonds is 4. The maximum atomic E-state index is 13.6. The second-order valence-corrected chi connectivity index (χ2v) is 7.00. The van der Waals surface area contributed by atoms with E-state index in [-0.39, 0.29) is 18.5 Å². The maximum Gasteiger partial charge on any atom is 0.308 e. The normalized spacial score (nSPS) is 21.9. The molecule has 7 heteroatoms. The Bertz CT molecular complexity index is 859. The molecule has 0 radical (unpaired) electrons. The van der Waals surface area contributed by atoms with E-state index >= 15 is 0 Å². The summed E-state index contributed by atoms with van der Waals surface area (Å²) in [6.07, 6.45) is 0. The lowest BCUT2D eigenvalue weighted by Crippen LogP contribution is -2.23. The Morgan fingerprint density at radius 3 is 2.73 bits per heavy atom. The van der Waals surface area contributed by atoms with E-state index in [9.17, 15) is 14.3 Å². The van der Waals surface area contributed by atoms with E-state index in [1.54, 1.807) is 18.2 Å². The molecule has 1 N–H and O–H groups in total. The molecule has 0 bridgehead atoms. The van der Waals surface area contributed by atoms with E-state index in [1.807, 2.05) is 11.0 Å². The number of likely N-dealkylation sites (tertiary alicyclic amines) is 1. The van der Waals surface area contributed by atoms with Crippen LogP contribution in [0, 0.1) is 11.7 Å². The van der Waals surface area contributed by atoms with Gasteiger partial charge in [-0.05, 0) is 29.3 Å². The van der Waals surface area contributed by atoms with Crippen molar-refractivity contribution in [3.05, 3.63) is 58.4 Å². The van der Waals surface area contributed by atoms with Crippen LogP contribution < -0.4 is 9.47 Å². The molecule has 2 aromatic rings. The van der Waals surface area contributed by atoms with Gasteiger partial charge in [-0.15, -0.1) is 0 Å². The maximum absolute atomic E-state index is 13.6. The average Bonchev–Trinajstić information content (AvgIpc) is 3.22. The van der Waals surface area contributed by atoms with Gasteiger partial charge in [0.15, 0.2) is 11.5 Å². The summed E-state index contributed by atoms with van der Waals surface area (Å²) >= 11 is 6.33. The first-order valence-corrected chi connectivity index (χ1v) is 8.67. The van der Waals surface area contributed by atoms with Gasteiger partial charge in [0, 0.05) is 36.6 Å². The molecule has 5 nitrogen and oxygen atoms in total. The Morgan fingerprint density at radius 1 is 1.23 bits per heavy atom. The van der Waals surface area contributed by atoms with Gasteiger partial charge in [-0.3, -0.25) is 9.69 Å². The molecule has 0 aliphatic carbocycles. The smallest absolute Gasteiger partial charge is 0.308 e. The van der Waals surface area contributed by atoms with Crippen LogP contribution in [0.1, 0.15) is 17.0 Å². The van der Waals surface area contributed by atoms with Crippen LogP contribution in [0.3, 0.4) is 0 Å². The van der Waals surface area contributed by atoms with Crippen LogP contribution in [-0.2, 0) is 11.3 Å². The molecule has 2 aliphatic heterocycles. The van der Waals surface area contributed by atoms with Gasteiger partial charge in [0.2, 0.25) is 6.79 Å². The van der Waals surface area contributed by atoms with E-state index in [0.29, 0.717) is 41.7 Å². The molecule has 2 aliphatic rings. The molecule has 0 aromatic heterocycles. The third kappa shape index (κ3) is 3.22. The van der Waals surface area contributed by atoms with Gasteiger partial charge in [-0.1, -0.05) is 23.7 Å². The minimum Gasteiger partial charge on any atom is -0.481 e. The van der Waals surface area contributed by atoms with Gasteiger partial charge in [0.25, 0.3) is 0 Å². The number of carboxylic acid groups (broad SMARTS) is 1. The summed E-state index contributed by atoms with van der Waals surface area (Å²) in [6.45, 7) is 1.55. The van der Waals surface area contributed by atoms with Crippen LogP contribution in [0.2, 0.25) is 5.02 Å². The fourth-order valence-electron chi connectivity index (χ4n) is 3.66. The van der Waals surface area contributed by atoms with E-state index in [4.69, 9.17) is 21.1 Å². The highest BCUT2D eigenvalue weighted by Crippen LogP contribution is 2.39. The third-order valence-electron chi connectivity index (χ3n) is 4.93. The van der Waals surface area contributed by atoms with Gasteiger partial charge < -0.3 is 14.6 Å². The van der Waals surface area contributed by atoms with E-state index in [2.05, 4.69) is 0 Å². The monoisotopic (exact) mass is 377 g/mol. The molecule has 0 amide bonds. The summed E-state index contributed by atoms with van der Waals surface area (Å²) in [7, 11) is 0. The Balaban J connectivity index is 1.56. The molecule has 1 fully saturated rings. The van der Waals surface area contributed by atoms with Gasteiger partial charge >= 0.3 is 5.97 Å². The lowest BCUT2D eigenvalue weighted by atomic mass is 9.89. The molecule has 2 aromatic carbocycles. The highest BCUT2D eigenvalue weighted by Gasteiger charge is 2.38. The number of ether oxygens (including phenoxy) is 2. The van der Waals surface area contributed by atoms with Gasteiger partial charge in [0.05, 0.1) is 5.92 Å². The summed E-state index contributed by atoms with van der Waals surface area (Å²) in [6, 6.07) is 9.71. The largest absolute Gasteiger partial charge is 0.481 e. The van der Waals surface area contributed by atoms with Crippen LogP contribution in [0.4, 0.5) is 4.39 Å². The van der Waals surface area contributed by atoms with E-state index < -0.39 is 11.9 Å². The van der Waals surface area contributed by atoms with Gasteiger partial charge in [-0.2, -0.15) is 0 Å². The number of hydrogen-bond donors (Lipinski definition) is 1. The van der Waals surface area contributed by atoms with Crippen LogP contribution in [0.5, 0.6) is 11.5 Å². The Kier molecular flexibility index (Phi) is 4.46. The van der Waals surface area contributed by atoms with Crippen LogP contribution >= 0.6 is 11.6 Å². The molecule has 4 rings (SSSR count). The number of benzene rings is 2. The van der Waals surface area contributed by atoms with Crippen molar-refractivity contribution in [3.8, 4) is 11.5 Å². The van der Waals surface area contributed by atoms with Crippen LogP contribution in [0.15, 0.2) is 36.4 Å². The number of fused-ring (bicyclic) bond motifs is 1. The molecule has 136 valence electrons. The number of nitrogens with zero attached hydrogens (tertiary/aromatic N) is 1. The highest BCUT2D eigenvalue weighted by atomic mass is 35.5. The number of aliphatic carboxylic acids is 1. The summed E-state index contributed by atoms with van der Waals surface area (Å²) in [5.74, 6) is -0.843. The fraction of sp³-hybridized carbons (Fsp3) is 0.316. The van der Waals surface area contributed by atoms with Crippen molar-refractivity contribution in [2.75, 3.05) is 19.9 Å². The van der Waals surface area contributed by atoms with Crippen molar-refractivity contribution < 1.29 is 23.8 Å². The lowest BCUT2D eigenvalue weighted by Gasteiger charge is -2.17. The van der Waals surface area contributed by atoms with Crippen LogP contribution in [0.25, 0.3) is 0 Å². The van der Waals surface area contributed by atoms with Crippen molar-refractivity contribution >= 4 is 17.6 Å².